The van der Waals surface area contributed by atoms with Gasteiger partial charge < -0.3 is 9.84 Å². The van der Waals surface area contributed by atoms with E-state index in [-0.39, 0.29) is 0 Å². The van der Waals surface area contributed by atoms with Gasteiger partial charge in [-0.25, -0.2) is 9.97 Å². The number of halogens is 9. The van der Waals surface area contributed by atoms with E-state index in [1.807, 2.05) is 0 Å². The van der Waals surface area contributed by atoms with Crippen LogP contribution in [0.25, 0.3) is 0 Å². The van der Waals surface area contributed by atoms with E-state index in [1.165, 1.54) is 0 Å². The second-order valence-electron chi connectivity index (χ2n) is 5.18. The molecule has 0 aromatic carbocycles. The number of fused-ring (bicyclic) bond motifs is 1. The highest BCUT2D eigenvalue weighted by Crippen LogP contribution is 2.45. The van der Waals surface area contributed by atoms with Crippen LogP contribution in [0.3, 0.4) is 0 Å². The minimum absolute atomic E-state index is 0.504. The molecule has 0 radical (unpaired) electrons. The van der Waals surface area contributed by atoms with Gasteiger partial charge in [0.15, 0.2) is 23.3 Å². The van der Waals surface area contributed by atoms with Crippen LogP contribution < -0.4 is 0 Å². The van der Waals surface area contributed by atoms with Crippen molar-refractivity contribution < 1.29 is 54.2 Å². The number of methoxy groups -OCH3 is 1. The molecular formula is C12H7F9N2O3. The fourth-order valence-corrected chi connectivity index (χ4v) is 2.49. The van der Waals surface area contributed by atoms with Crippen LogP contribution in [0.2, 0.25) is 0 Å². The lowest BCUT2D eigenvalue weighted by molar-refractivity contribution is -0.230. The molecule has 1 aliphatic rings. The first-order valence-corrected chi connectivity index (χ1v) is 6.48. The van der Waals surface area contributed by atoms with Gasteiger partial charge in [-0.05, 0) is 0 Å². The van der Waals surface area contributed by atoms with Gasteiger partial charge in [0.2, 0.25) is 0 Å². The predicted molar refractivity (Wildman–Crippen MR) is 61.7 cm³/mol. The maximum atomic E-state index is 12.9. The minimum atomic E-state index is -5.69. The molecule has 3 unspecified atom stereocenters. The second-order valence-corrected chi connectivity index (χ2v) is 5.18. The Bertz CT molecular complexity index is 726. The van der Waals surface area contributed by atoms with Gasteiger partial charge in [0.1, 0.15) is 11.8 Å². The summed E-state index contributed by atoms with van der Waals surface area (Å²) in [5.74, 6) is -4.30. The van der Waals surface area contributed by atoms with E-state index in [4.69, 9.17) is 0 Å². The molecule has 146 valence electrons. The first-order chi connectivity index (χ1) is 11.6. The standard InChI is InChI=1S/C12H7F9N2O3/c1-26-9(12(19,20)21)2-5(24)3-4(6(2)25)23-8(11(16,17)18)7(22-3)10(13,14)15/h2,5,9,24H,1H3. The number of ether oxygens (including phenoxy) is 1. The number of aliphatic hydroxyl groups is 1. The summed E-state index contributed by atoms with van der Waals surface area (Å²) in [6, 6.07) is 0. The van der Waals surface area contributed by atoms with Gasteiger partial charge in [-0.1, -0.05) is 0 Å². The summed E-state index contributed by atoms with van der Waals surface area (Å²) in [5.41, 5.74) is -7.91. The Labute approximate surface area is 137 Å². The maximum Gasteiger partial charge on any atom is 0.435 e. The van der Waals surface area contributed by atoms with E-state index in [0.29, 0.717) is 7.11 Å². The zero-order valence-electron chi connectivity index (χ0n) is 12.3. The molecular weight excluding hydrogens is 391 g/mol. The number of hydrogen-bond acceptors (Lipinski definition) is 5. The molecule has 0 fully saturated rings. The summed E-state index contributed by atoms with van der Waals surface area (Å²) in [7, 11) is 0.504. The number of ketones is 1. The summed E-state index contributed by atoms with van der Waals surface area (Å²) in [5, 5.41) is 9.81. The highest BCUT2D eigenvalue weighted by Gasteiger charge is 2.57. The number of carbonyl (C=O) groups is 1. The molecule has 1 N–H and O–H groups in total. The largest absolute Gasteiger partial charge is 0.435 e. The number of rotatable bonds is 2. The number of hydrogen-bond donors (Lipinski definition) is 1. The lowest BCUT2D eigenvalue weighted by Gasteiger charge is -2.25. The lowest BCUT2D eigenvalue weighted by Crippen LogP contribution is -2.42. The van der Waals surface area contributed by atoms with E-state index < -0.39 is 65.2 Å². The van der Waals surface area contributed by atoms with Crippen molar-refractivity contribution in [1.82, 2.24) is 9.97 Å². The molecule has 1 aromatic heterocycles. The van der Waals surface area contributed by atoms with Crippen molar-refractivity contribution in [2.75, 3.05) is 7.11 Å². The summed E-state index contributed by atoms with van der Waals surface area (Å²) in [4.78, 5) is 17.1. The van der Waals surface area contributed by atoms with E-state index in [0.717, 1.165) is 0 Å². The van der Waals surface area contributed by atoms with Crippen LogP contribution in [0, 0.1) is 5.92 Å². The number of nitrogens with zero attached hydrogens (tertiary/aromatic N) is 2. The highest BCUT2D eigenvalue weighted by atomic mass is 19.4. The Balaban J connectivity index is 2.68. The third-order valence-electron chi connectivity index (χ3n) is 3.52. The zero-order chi connectivity index (χ0) is 20.2. The summed E-state index contributed by atoms with van der Waals surface area (Å²) in [6.07, 6.45) is -22.2. The first-order valence-electron chi connectivity index (χ1n) is 6.48. The molecule has 1 aliphatic carbocycles. The van der Waals surface area contributed by atoms with Crippen LogP contribution in [-0.2, 0) is 17.1 Å². The predicted octanol–water partition coefficient (Wildman–Crippen LogP) is 2.94. The van der Waals surface area contributed by atoms with E-state index in [9.17, 15) is 49.4 Å². The van der Waals surface area contributed by atoms with Crippen LogP contribution >= 0.6 is 0 Å². The molecule has 1 heterocycles. The molecule has 5 nitrogen and oxygen atoms in total. The summed E-state index contributed by atoms with van der Waals surface area (Å²) < 4.78 is 120. The smallest absolute Gasteiger partial charge is 0.386 e. The van der Waals surface area contributed by atoms with Gasteiger partial charge in [-0.3, -0.25) is 4.79 Å². The molecule has 0 saturated heterocycles. The van der Waals surface area contributed by atoms with Crippen LogP contribution in [-0.4, -0.2) is 40.2 Å². The van der Waals surface area contributed by atoms with Crippen molar-refractivity contribution >= 4 is 5.78 Å². The van der Waals surface area contributed by atoms with Crippen molar-refractivity contribution in [3.8, 4) is 0 Å². The van der Waals surface area contributed by atoms with Gasteiger partial charge in [-0.15, -0.1) is 0 Å². The quantitative estimate of drug-likeness (QED) is 0.776. The van der Waals surface area contributed by atoms with E-state index >= 15 is 0 Å². The van der Waals surface area contributed by atoms with Crippen LogP contribution in [0.4, 0.5) is 39.5 Å². The van der Waals surface area contributed by atoms with Crippen molar-refractivity contribution in [3.63, 3.8) is 0 Å². The molecule has 26 heavy (non-hydrogen) atoms. The number of carbonyl (C=O) groups excluding carboxylic acids is 1. The Kier molecular flexibility index (Phi) is 4.73. The highest BCUT2D eigenvalue weighted by molar-refractivity contribution is 6.01. The second kappa shape index (κ2) is 6.04. The van der Waals surface area contributed by atoms with Crippen molar-refractivity contribution in [1.29, 1.82) is 0 Å². The Morgan fingerprint density at radius 1 is 0.962 bits per heavy atom. The topological polar surface area (TPSA) is 72.3 Å². The van der Waals surface area contributed by atoms with E-state index in [2.05, 4.69) is 14.7 Å². The lowest BCUT2D eigenvalue weighted by atomic mass is 9.96. The molecule has 0 bridgehead atoms. The number of Topliss-reactive ketones (excluding diaryl/α,β-unsaturated/α-hetero) is 1. The van der Waals surface area contributed by atoms with Crippen LogP contribution in [0.5, 0.6) is 0 Å². The van der Waals surface area contributed by atoms with Crippen molar-refractivity contribution in [2.45, 2.75) is 30.7 Å². The number of alkyl halides is 9. The first kappa shape index (κ1) is 20.4. The Morgan fingerprint density at radius 2 is 1.42 bits per heavy atom. The number of aliphatic hydroxyl groups excluding tert-OH is 1. The zero-order valence-corrected chi connectivity index (χ0v) is 12.3. The maximum absolute atomic E-state index is 12.9. The molecule has 0 spiro atoms. The van der Waals surface area contributed by atoms with Gasteiger partial charge in [0, 0.05) is 7.11 Å². The Morgan fingerprint density at radius 3 is 1.81 bits per heavy atom. The third kappa shape index (κ3) is 3.34. The van der Waals surface area contributed by atoms with Gasteiger partial charge in [0.25, 0.3) is 0 Å². The SMILES string of the molecule is COC(C1C(=O)c2nc(C(F)(F)F)c(C(F)(F)F)nc2C1O)C(F)(F)F. The van der Waals surface area contributed by atoms with Gasteiger partial charge in [-0.2, -0.15) is 39.5 Å². The minimum Gasteiger partial charge on any atom is -0.386 e. The van der Waals surface area contributed by atoms with Crippen molar-refractivity contribution in [3.05, 3.63) is 22.8 Å². The van der Waals surface area contributed by atoms with Gasteiger partial charge in [0.05, 0.1) is 11.6 Å². The molecule has 0 amide bonds. The van der Waals surface area contributed by atoms with Gasteiger partial charge >= 0.3 is 18.5 Å². The molecule has 14 heteroatoms. The molecule has 0 aliphatic heterocycles. The average molecular weight is 398 g/mol. The Hall–Kier alpha value is -1.96. The molecule has 3 atom stereocenters. The molecule has 2 rings (SSSR count). The monoisotopic (exact) mass is 398 g/mol. The fraction of sp³-hybridized carbons (Fsp3) is 0.583. The van der Waals surface area contributed by atoms with Crippen LogP contribution in [0.1, 0.15) is 33.7 Å². The summed E-state index contributed by atoms with van der Waals surface area (Å²) >= 11 is 0. The third-order valence-corrected chi connectivity index (χ3v) is 3.52. The molecule has 0 saturated carbocycles. The summed E-state index contributed by atoms with van der Waals surface area (Å²) in [6.45, 7) is 0. The number of aromatic nitrogens is 2. The van der Waals surface area contributed by atoms with Crippen molar-refractivity contribution in [2.24, 2.45) is 5.92 Å². The normalized spacial score (nSPS) is 22.5. The average Bonchev–Trinajstić information content (AvgIpc) is 2.68. The van der Waals surface area contributed by atoms with E-state index in [1.54, 1.807) is 0 Å². The molecule has 1 aromatic rings. The fourth-order valence-electron chi connectivity index (χ4n) is 2.49. The van der Waals surface area contributed by atoms with Crippen LogP contribution in [0.15, 0.2) is 0 Å².